The van der Waals surface area contributed by atoms with E-state index in [0.717, 1.165) is 18.6 Å². The second kappa shape index (κ2) is 33.1. The second-order valence-electron chi connectivity index (χ2n) is 21.7. The summed E-state index contributed by atoms with van der Waals surface area (Å²) in [5.41, 5.74) is -0.271. The Kier molecular flexibility index (Phi) is 25.3. The van der Waals surface area contributed by atoms with Crippen molar-refractivity contribution in [3.8, 4) is 23.0 Å². The van der Waals surface area contributed by atoms with Gasteiger partial charge in [-0.25, -0.2) is 19.2 Å². The van der Waals surface area contributed by atoms with Crippen LogP contribution in [0.3, 0.4) is 0 Å². The molecular formula is C62H76O22. The predicted octanol–water partition coefficient (Wildman–Crippen LogP) is 8.06. The van der Waals surface area contributed by atoms with Gasteiger partial charge in [-0.3, -0.25) is 28.8 Å². The third-order valence-electron chi connectivity index (χ3n) is 15.7. The van der Waals surface area contributed by atoms with Crippen molar-refractivity contribution in [3.05, 3.63) is 72.8 Å². The minimum absolute atomic E-state index is 0.00258. The smallest absolute Gasteiger partial charge is 0.342 e. The molecule has 0 N–H and O–H groups in total. The Balaban J connectivity index is 0.894. The topological polar surface area (TPSA) is 281 Å². The summed E-state index contributed by atoms with van der Waals surface area (Å²) in [6, 6.07) is 8.11. The lowest BCUT2D eigenvalue weighted by Gasteiger charge is -2.26. The van der Waals surface area contributed by atoms with Crippen molar-refractivity contribution in [1.82, 2.24) is 0 Å². The molecule has 0 bridgehead atoms. The van der Waals surface area contributed by atoms with Crippen molar-refractivity contribution >= 4 is 59.7 Å². The van der Waals surface area contributed by atoms with Crippen molar-refractivity contribution in [2.45, 2.75) is 128 Å². The van der Waals surface area contributed by atoms with Gasteiger partial charge in [0, 0.05) is 31.3 Å². The Labute approximate surface area is 487 Å². The normalized spacial score (nSPS) is 22.9. The number of rotatable bonds is 28. The number of hydrogen-bond donors (Lipinski definition) is 0. The summed E-state index contributed by atoms with van der Waals surface area (Å²) in [6.07, 6.45) is 10.2. The van der Waals surface area contributed by atoms with Crippen LogP contribution in [0.5, 0.6) is 23.0 Å². The molecule has 2 atom stereocenters. The molecule has 5 aliphatic rings. The number of hydrogen-bond acceptors (Lipinski definition) is 22. The standard InChI is InChI=1S/C62H76O22/c1-3-53(63)75-28-5-7-30-77-55(65)40-11-15-44(16-12-40)59(69)83-51-25-23-46(34-49(51)61(71)79-37-39-27-33-73-36-39)81-57(67)42-19-21-43(22-20-42)58(68)82-47-24-26-52(50(35-47)62(72)80-38-48-10-9-32-74-48)84-60(70)45-17-13-41(14-18-45)56(66)78-31-8-6-29-76-54(64)4-2/h3-4,23-26,34-35,39-45,48H,1-2,5-22,27-33,36-38H2. The van der Waals surface area contributed by atoms with Crippen LogP contribution in [0.2, 0.25) is 0 Å². The molecule has 456 valence electrons. The fourth-order valence-corrected chi connectivity index (χ4v) is 10.6. The molecule has 2 aliphatic heterocycles. The molecular weight excluding hydrogens is 1100 g/mol. The summed E-state index contributed by atoms with van der Waals surface area (Å²) in [6.45, 7) is 8.93. The Bertz CT molecular complexity index is 2460. The van der Waals surface area contributed by atoms with Crippen LogP contribution in [0, 0.1) is 41.4 Å². The van der Waals surface area contributed by atoms with Crippen LogP contribution >= 0.6 is 0 Å². The highest BCUT2D eigenvalue weighted by atomic mass is 16.6. The van der Waals surface area contributed by atoms with Crippen LogP contribution in [0.25, 0.3) is 0 Å². The van der Waals surface area contributed by atoms with E-state index in [-0.39, 0.29) is 123 Å². The fourth-order valence-electron chi connectivity index (χ4n) is 10.6. The summed E-state index contributed by atoms with van der Waals surface area (Å²) < 4.78 is 66.1. The number of ether oxygens (including phenoxy) is 12. The quantitative estimate of drug-likeness (QED) is 0.0256. The molecule has 0 spiro atoms. The van der Waals surface area contributed by atoms with E-state index in [1.807, 2.05) is 0 Å². The number of esters is 10. The average molecular weight is 1170 g/mol. The molecule has 3 saturated carbocycles. The largest absolute Gasteiger partial charge is 0.465 e. The van der Waals surface area contributed by atoms with Gasteiger partial charge in [0.05, 0.1) is 81.3 Å². The van der Waals surface area contributed by atoms with E-state index < -0.39 is 83.3 Å². The van der Waals surface area contributed by atoms with Crippen molar-refractivity contribution in [1.29, 1.82) is 0 Å². The zero-order chi connectivity index (χ0) is 59.8. The molecule has 0 amide bonds. The Morgan fingerprint density at radius 1 is 0.429 bits per heavy atom. The molecule has 5 fully saturated rings. The van der Waals surface area contributed by atoms with E-state index in [1.54, 1.807) is 0 Å². The molecule has 0 radical (unpaired) electrons. The third-order valence-corrected chi connectivity index (χ3v) is 15.7. The van der Waals surface area contributed by atoms with Crippen LogP contribution in [0.15, 0.2) is 61.7 Å². The molecule has 2 aromatic carbocycles. The molecule has 2 unspecified atom stereocenters. The summed E-state index contributed by atoms with van der Waals surface area (Å²) >= 11 is 0. The first-order chi connectivity index (χ1) is 40.7. The SMILES string of the molecule is C=CC(=O)OCCCCOC(=O)C1CCC(C(=O)Oc2ccc(OC(=O)C3CCC(C(=O)Oc4ccc(OC(=O)C5CCC(C(=O)OCCCCOC(=O)C=C)CC5)c(C(=O)OCC5CCCO5)c4)CC3)cc2C(=O)OCC2CCOC2)CC1. The zero-order valence-electron chi connectivity index (χ0n) is 47.4. The van der Waals surface area contributed by atoms with Gasteiger partial charge in [0.15, 0.2) is 0 Å². The maximum absolute atomic E-state index is 13.6. The first-order valence-electron chi connectivity index (χ1n) is 29.3. The molecule has 84 heavy (non-hydrogen) atoms. The second-order valence-corrected chi connectivity index (χ2v) is 21.7. The van der Waals surface area contributed by atoms with Gasteiger partial charge in [-0.05, 0) is 158 Å². The van der Waals surface area contributed by atoms with E-state index in [0.29, 0.717) is 110 Å². The maximum atomic E-state index is 13.6. The number of carbonyl (C=O) groups excluding carboxylic acids is 10. The molecule has 22 nitrogen and oxygen atoms in total. The molecule has 0 aromatic heterocycles. The number of carbonyl (C=O) groups is 10. The van der Waals surface area contributed by atoms with E-state index >= 15 is 0 Å². The first kappa shape index (κ1) is 64.1. The van der Waals surface area contributed by atoms with Crippen LogP contribution in [-0.2, 0) is 76.3 Å². The zero-order valence-corrected chi connectivity index (χ0v) is 47.4. The van der Waals surface area contributed by atoms with E-state index in [1.165, 1.54) is 36.4 Å². The third kappa shape index (κ3) is 19.8. The van der Waals surface area contributed by atoms with Crippen LogP contribution in [-0.4, -0.2) is 125 Å². The van der Waals surface area contributed by atoms with Gasteiger partial charge >= 0.3 is 59.7 Å². The highest BCUT2D eigenvalue weighted by Gasteiger charge is 2.37. The molecule has 2 heterocycles. The van der Waals surface area contributed by atoms with Gasteiger partial charge in [0.1, 0.15) is 40.7 Å². The van der Waals surface area contributed by atoms with Gasteiger partial charge in [0.25, 0.3) is 0 Å². The van der Waals surface area contributed by atoms with Crippen molar-refractivity contribution in [2.75, 3.05) is 59.5 Å². The van der Waals surface area contributed by atoms with E-state index in [2.05, 4.69) is 13.2 Å². The van der Waals surface area contributed by atoms with Crippen LogP contribution in [0.4, 0.5) is 0 Å². The summed E-state index contributed by atoms with van der Waals surface area (Å²) in [4.78, 5) is 129. The van der Waals surface area contributed by atoms with Gasteiger partial charge in [0.2, 0.25) is 0 Å². The highest BCUT2D eigenvalue weighted by Crippen LogP contribution is 2.37. The average Bonchev–Trinajstić information content (AvgIpc) is 4.30. The molecule has 22 heteroatoms. The highest BCUT2D eigenvalue weighted by molar-refractivity contribution is 5.95. The lowest BCUT2D eigenvalue weighted by atomic mass is 9.82. The van der Waals surface area contributed by atoms with Gasteiger partial charge in [-0.1, -0.05) is 13.2 Å². The Hall–Kier alpha value is -7.46. The van der Waals surface area contributed by atoms with E-state index in [9.17, 15) is 47.9 Å². The predicted molar refractivity (Wildman–Crippen MR) is 293 cm³/mol. The minimum atomic E-state index is -0.818. The van der Waals surface area contributed by atoms with Gasteiger partial charge < -0.3 is 56.8 Å². The van der Waals surface area contributed by atoms with Crippen LogP contribution in [0.1, 0.15) is 143 Å². The van der Waals surface area contributed by atoms with Crippen molar-refractivity contribution < 1.29 is 105 Å². The van der Waals surface area contributed by atoms with E-state index in [4.69, 9.17) is 56.8 Å². The lowest BCUT2D eigenvalue weighted by molar-refractivity contribution is -0.152. The Morgan fingerprint density at radius 3 is 1.18 bits per heavy atom. The molecule has 3 aliphatic carbocycles. The minimum Gasteiger partial charge on any atom is -0.465 e. The molecule has 2 aromatic rings. The van der Waals surface area contributed by atoms with Crippen molar-refractivity contribution in [2.24, 2.45) is 41.4 Å². The number of unbranched alkanes of at least 4 members (excludes halogenated alkanes) is 2. The monoisotopic (exact) mass is 1170 g/mol. The molecule has 2 saturated heterocycles. The first-order valence-corrected chi connectivity index (χ1v) is 29.3. The summed E-state index contributed by atoms with van der Waals surface area (Å²) in [5, 5.41) is 0. The molecule has 7 rings (SSSR count). The Morgan fingerprint density at radius 2 is 0.810 bits per heavy atom. The summed E-state index contributed by atoms with van der Waals surface area (Å²) in [7, 11) is 0. The maximum Gasteiger partial charge on any atom is 0.342 e. The fraction of sp³-hybridized carbons (Fsp3) is 0.581. The number of benzene rings is 2. The van der Waals surface area contributed by atoms with Gasteiger partial charge in [-0.2, -0.15) is 0 Å². The van der Waals surface area contributed by atoms with Crippen LogP contribution < -0.4 is 18.9 Å². The summed E-state index contributed by atoms with van der Waals surface area (Å²) in [5.74, 6) is -9.10. The lowest BCUT2D eigenvalue weighted by Crippen LogP contribution is -2.30. The van der Waals surface area contributed by atoms with Crippen molar-refractivity contribution in [3.63, 3.8) is 0 Å². The van der Waals surface area contributed by atoms with Gasteiger partial charge in [-0.15, -0.1) is 0 Å².